The maximum absolute atomic E-state index is 13.7. The Bertz CT molecular complexity index is 994. The third kappa shape index (κ3) is 3.58. The van der Waals surface area contributed by atoms with E-state index in [0.29, 0.717) is 29.8 Å². The lowest BCUT2D eigenvalue weighted by atomic mass is 10.1. The van der Waals surface area contributed by atoms with Gasteiger partial charge in [-0.15, -0.1) is 0 Å². The minimum Gasteiger partial charge on any atom is -0.313 e. The molecule has 2 aromatic carbocycles. The van der Waals surface area contributed by atoms with E-state index in [9.17, 15) is 22.9 Å². The highest BCUT2D eigenvalue weighted by atomic mass is 32.2. The molecule has 7 nitrogen and oxygen atoms in total. The zero-order valence-corrected chi connectivity index (χ0v) is 15.8. The highest BCUT2D eigenvalue weighted by Crippen LogP contribution is 2.36. The zero-order chi connectivity index (χ0) is 19.8. The van der Waals surface area contributed by atoms with Crippen LogP contribution in [0.15, 0.2) is 41.3 Å². The van der Waals surface area contributed by atoms with Crippen LogP contribution in [0.1, 0.15) is 22.7 Å². The van der Waals surface area contributed by atoms with Crippen molar-refractivity contribution in [3.05, 3.63) is 69.0 Å². The number of nitro groups is 1. The first-order valence-corrected chi connectivity index (χ1v) is 9.90. The summed E-state index contributed by atoms with van der Waals surface area (Å²) >= 11 is 0. The first-order valence-electron chi connectivity index (χ1n) is 8.46. The molecule has 3 rings (SSSR count). The van der Waals surface area contributed by atoms with Crippen molar-refractivity contribution in [2.24, 2.45) is 0 Å². The second kappa shape index (κ2) is 7.34. The van der Waals surface area contributed by atoms with Crippen LogP contribution in [0.3, 0.4) is 0 Å². The van der Waals surface area contributed by atoms with Crippen molar-refractivity contribution in [2.45, 2.75) is 24.8 Å². The van der Waals surface area contributed by atoms with Crippen LogP contribution in [0.25, 0.3) is 0 Å². The normalized spacial score (nSPS) is 18.4. The van der Waals surface area contributed by atoms with Gasteiger partial charge in [0.1, 0.15) is 5.82 Å². The molecule has 0 amide bonds. The Kier molecular flexibility index (Phi) is 5.27. The molecule has 1 atom stereocenters. The topological polar surface area (TPSA) is 92.5 Å². The number of rotatable bonds is 4. The van der Waals surface area contributed by atoms with E-state index in [2.05, 4.69) is 5.32 Å². The zero-order valence-electron chi connectivity index (χ0n) is 15.0. The van der Waals surface area contributed by atoms with Crippen molar-refractivity contribution in [2.75, 3.05) is 19.6 Å². The van der Waals surface area contributed by atoms with E-state index in [1.807, 2.05) is 0 Å². The Morgan fingerprint density at radius 1 is 1.26 bits per heavy atom. The number of sulfonamides is 1. The summed E-state index contributed by atoms with van der Waals surface area (Å²) < 4.78 is 41.8. The van der Waals surface area contributed by atoms with Gasteiger partial charge in [-0.25, -0.2) is 12.8 Å². The fraction of sp³-hybridized carbons (Fsp3) is 0.333. The first-order chi connectivity index (χ1) is 12.7. The number of halogens is 1. The lowest BCUT2D eigenvalue weighted by Crippen LogP contribution is -2.48. The van der Waals surface area contributed by atoms with Crippen LogP contribution in [0, 0.1) is 29.8 Å². The van der Waals surface area contributed by atoms with Crippen LogP contribution in [0.4, 0.5) is 10.1 Å². The lowest BCUT2D eigenvalue weighted by Gasteiger charge is -2.35. The van der Waals surface area contributed by atoms with Gasteiger partial charge < -0.3 is 5.32 Å². The molecule has 0 radical (unpaired) electrons. The maximum atomic E-state index is 13.7. The number of piperazine rings is 1. The molecule has 0 bridgehead atoms. The molecular weight excluding hydrogens is 373 g/mol. The van der Waals surface area contributed by atoms with Crippen molar-refractivity contribution in [1.82, 2.24) is 9.62 Å². The van der Waals surface area contributed by atoms with Crippen LogP contribution >= 0.6 is 0 Å². The Labute approximate surface area is 157 Å². The predicted octanol–water partition coefficient (Wildman–Crippen LogP) is 2.69. The van der Waals surface area contributed by atoms with Crippen LogP contribution < -0.4 is 5.32 Å². The molecule has 0 aliphatic carbocycles. The Morgan fingerprint density at radius 2 is 2.00 bits per heavy atom. The van der Waals surface area contributed by atoms with Crippen molar-refractivity contribution < 1.29 is 17.7 Å². The fourth-order valence-electron chi connectivity index (χ4n) is 3.33. The van der Waals surface area contributed by atoms with E-state index in [1.165, 1.54) is 34.6 Å². The minimum absolute atomic E-state index is 0.133. The van der Waals surface area contributed by atoms with Crippen LogP contribution in [-0.4, -0.2) is 37.3 Å². The van der Waals surface area contributed by atoms with Gasteiger partial charge in [-0.1, -0.05) is 18.2 Å². The molecule has 1 N–H and O–H groups in total. The van der Waals surface area contributed by atoms with Gasteiger partial charge in [-0.3, -0.25) is 10.1 Å². The Balaban J connectivity index is 2.16. The summed E-state index contributed by atoms with van der Waals surface area (Å²) in [4.78, 5) is 10.5. The van der Waals surface area contributed by atoms with Crippen molar-refractivity contribution in [1.29, 1.82) is 0 Å². The number of nitro benzene ring substituents is 1. The summed E-state index contributed by atoms with van der Waals surface area (Å²) in [6.45, 7) is 4.10. The van der Waals surface area contributed by atoms with Gasteiger partial charge in [-0.05, 0) is 42.7 Å². The number of hydrogen-bond donors (Lipinski definition) is 1. The smallest absolute Gasteiger partial charge is 0.289 e. The molecule has 1 aliphatic rings. The number of hydrogen-bond acceptors (Lipinski definition) is 5. The third-order valence-electron chi connectivity index (χ3n) is 4.85. The van der Waals surface area contributed by atoms with Crippen LogP contribution in [0.5, 0.6) is 0 Å². The van der Waals surface area contributed by atoms with Crippen LogP contribution in [-0.2, 0) is 10.0 Å². The minimum atomic E-state index is -4.17. The van der Waals surface area contributed by atoms with Gasteiger partial charge in [-0.2, -0.15) is 4.31 Å². The third-order valence-corrected chi connectivity index (χ3v) is 6.93. The van der Waals surface area contributed by atoms with Crippen molar-refractivity contribution >= 4 is 15.7 Å². The molecule has 0 spiro atoms. The molecule has 27 heavy (non-hydrogen) atoms. The van der Waals surface area contributed by atoms with Gasteiger partial charge in [0.05, 0.1) is 11.0 Å². The van der Waals surface area contributed by atoms with Gasteiger partial charge in [0.25, 0.3) is 15.7 Å². The number of nitrogens with one attached hydrogen (secondary N) is 1. The van der Waals surface area contributed by atoms with E-state index in [-0.39, 0.29) is 11.4 Å². The number of aryl methyl sites for hydroxylation is 1. The maximum Gasteiger partial charge on any atom is 0.289 e. The highest BCUT2D eigenvalue weighted by molar-refractivity contribution is 7.89. The summed E-state index contributed by atoms with van der Waals surface area (Å²) in [5.74, 6) is -0.465. The van der Waals surface area contributed by atoms with E-state index in [1.54, 1.807) is 19.9 Å². The molecular formula is C18H20FN3O4S. The molecule has 144 valence electrons. The highest BCUT2D eigenvalue weighted by Gasteiger charge is 2.39. The second-order valence-corrected chi connectivity index (χ2v) is 8.33. The van der Waals surface area contributed by atoms with E-state index < -0.39 is 32.5 Å². The molecule has 1 fully saturated rings. The summed E-state index contributed by atoms with van der Waals surface area (Å²) in [7, 11) is -4.17. The van der Waals surface area contributed by atoms with E-state index >= 15 is 0 Å². The summed E-state index contributed by atoms with van der Waals surface area (Å²) in [5, 5.41) is 14.6. The van der Waals surface area contributed by atoms with E-state index in [0.717, 1.165) is 0 Å². The average molecular weight is 393 g/mol. The van der Waals surface area contributed by atoms with Gasteiger partial charge in [0, 0.05) is 25.7 Å². The van der Waals surface area contributed by atoms with Crippen LogP contribution in [0.2, 0.25) is 0 Å². The monoisotopic (exact) mass is 393 g/mol. The van der Waals surface area contributed by atoms with Gasteiger partial charge in [0.15, 0.2) is 4.90 Å². The largest absolute Gasteiger partial charge is 0.313 e. The molecule has 0 saturated carbocycles. The lowest BCUT2D eigenvalue weighted by molar-refractivity contribution is -0.388. The number of nitrogens with zero attached hydrogens (tertiary/aromatic N) is 2. The SMILES string of the molecule is Cc1ccc([N+](=O)[O-])c(S(=O)(=O)N2CCNCC2c2cccc(F)c2)c1C. The summed E-state index contributed by atoms with van der Waals surface area (Å²) in [6, 6.07) is 7.85. The Morgan fingerprint density at radius 3 is 2.67 bits per heavy atom. The number of benzene rings is 2. The second-order valence-electron chi connectivity index (χ2n) is 6.50. The molecule has 0 aromatic heterocycles. The first kappa shape index (κ1) is 19.4. The van der Waals surface area contributed by atoms with Gasteiger partial charge >= 0.3 is 0 Å². The predicted molar refractivity (Wildman–Crippen MR) is 98.5 cm³/mol. The van der Waals surface area contributed by atoms with Crippen molar-refractivity contribution in [3.8, 4) is 0 Å². The Hall–Kier alpha value is -2.36. The summed E-state index contributed by atoms with van der Waals surface area (Å²) in [6.07, 6.45) is 0. The average Bonchev–Trinajstić information content (AvgIpc) is 2.63. The van der Waals surface area contributed by atoms with E-state index in [4.69, 9.17) is 0 Å². The molecule has 1 aliphatic heterocycles. The molecule has 1 saturated heterocycles. The molecule has 1 unspecified atom stereocenters. The van der Waals surface area contributed by atoms with Gasteiger partial charge in [0.2, 0.25) is 0 Å². The standard InChI is InChI=1S/C18H20FN3O4S/c1-12-6-7-16(22(23)24)18(13(12)2)27(25,26)21-9-8-20-11-17(21)14-4-3-5-15(19)10-14/h3-7,10,17,20H,8-9,11H2,1-2H3. The molecule has 2 aromatic rings. The fourth-order valence-corrected chi connectivity index (χ4v) is 5.39. The van der Waals surface area contributed by atoms with Crippen molar-refractivity contribution in [3.63, 3.8) is 0 Å². The quantitative estimate of drug-likeness (QED) is 0.637. The summed E-state index contributed by atoms with van der Waals surface area (Å²) in [5.41, 5.74) is 1.05. The molecule has 9 heteroatoms. The molecule has 1 heterocycles.